The molecule has 0 saturated heterocycles. The minimum absolute atomic E-state index is 0.308. The normalized spacial score (nSPS) is 10.6. The molecule has 0 aliphatic heterocycles. The van der Waals surface area contributed by atoms with Crippen LogP contribution in [0.2, 0.25) is 0 Å². The number of carbonyl (C=O) groups excluding carboxylic acids is 1. The van der Waals surface area contributed by atoms with Crippen molar-refractivity contribution in [2.24, 2.45) is 7.05 Å². The number of aryl methyl sites for hydroxylation is 1. The van der Waals surface area contributed by atoms with Gasteiger partial charge in [0.05, 0.1) is 6.20 Å². The Morgan fingerprint density at radius 2 is 2.10 bits per heavy atom. The van der Waals surface area contributed by atoms with E-state index in [0.29, 0.717) is 17.5 Å². The van der Waals surface area contributed by atoms with Crippen molar-refractivity contribution in [3.8, 4) is 11.1 Å². The topological polar surface area (TPSA) is 101 Å². The number of carbonyl (C=O) groups is 1. The van der Waals surface area contributed by atoms with Gasteiger partial charge in [0.1, 0.15) is 11.5 Å². The third kappa shape index (κ3) is 2.50. The maximum Gasteiger partial charge on any atom is 0.276 e. The van der Waals surface area contributed by atoms with Crippen LogP contribution in [0.25, 0.3) is 11.1 Å². The molecular weight excluding hydrogens is 270 g/mol. The summed E-state index contributed by atoms with van der Waals surface area (Å²) in [6, 6.07) is 3.47. The van der Waals surface area contributed by atoms with Gasteiger partial charge in [0, 0.05) is 30.6 Å². The van der Waals surface area contributed by atoms with Crippen molar-refractivity contribution < 1.29 is 4.79 Å². The van der Waals surface area contributed by atoms with Crippen LogP contribution < -0.4 is 5.32 Å². The van der Waals surface area contributed by atoms with E-state index >= 15 is 0 Å². The fourth-order valence-corrected chi connectivity index (χ4v) is 1.79. The molecule has 0 aliphatic rings. The van der Waals surface area contributed by atoms with Crippen LogP contribution in [0.3, 0.4) is 0 Å². The Morgan fingerprint density at radius 3 is 2.67 bits per heavy atom. The highest BCUT2D eigenvalue weighted by Crippen LogP contribution is 2.16. The van der Waals surface area contributed by atoms with Gasteiger partial charge in [0.15, 0.2) is 0 Å². The van der Waals surface area contributed by atoms with Crippen molar-refractivity contribution in [1.82, 2.24) is 29.9 Å². The summed E-state index contributed by atoms with van der Waals surface area (Å²) in [5, 5.41) is 17.0. The number of aromatic nitrogens is 6. The Bertz CT molecular complexity index is 758. The lowest BCUT2D eigenvalue weighted by molar-refractivity contribution is 0.102. The number of H-pyrrole nitrogens is 1. The molecule has 3 rings (SSSR count). The highest BCUT2D eigenvalue weighted by atomic mass is 16.2. The largest absolute Gasteiger partial charge is 0.300 e. The summed E-state index contributed by atoms with van der Waals surface area (Å²) in [5.74, 6) is 0.774. The van der Waals surface area contributed by atoms with E-state index in [2.05, 4.69) is 30.7 Å². The molecule has 8 heteroatoms. The van der Waals surface area contributed by atoms with E-state index in [4.69, 9.17) is 0 Å². The fraction of sp³-hybridized carbons (Fsp3) is 0.154. The number of amides is 1. The first kappa shape index (κ1) is 13.0. The summed E-state index contributed by atoms with van der Waals surface area (Å²) in [6.45, 7) is 1.81. The number of nitrogens with one attached hydrogen (secondary N) is 2. The van der Waals surface area contributed by atoms with E-state index in [9.17, 15) is 4.79 Å². The van der Waals surface area contributed by atoms with E-state index in [-0.39, 0.29) is 5.91 Å². The molecule has 106 valence electrons. The number of hydrogen-bond acceptors (Lipinski definition) is 5. The molecule has 3 aromatic rings. The summed E-state index contributed by atoms with van der Waals surface area (Å²) >= 11 is 0. The average Bonchev–Trinajstić information content (AvgIpc) is 3.13. The molecule has 0 aromatic carbocycles. The van der Waals surface area contributed by atoms with Crippen LogP contribution >= 0.6 is 0 Å². The van der Waals surface area contributed by atoms with Crippen molar-refractivity contribution in [2.75, 3.05) is 5.32 Å². The maximum atomic E-state index is 12.1. The number of nitrogens with zero attached hydrogens (tertiary/aromatic N) is 5. The van der Waals surface area contributed by atoms with Crippen LogP contribution in [-0.4, -0.2) is 35.9 Å². The quantitative estimate of drug-likeness (QED) is 0.751. The van der Waals surface area contributed by atoms with Crippen LogP contribution in [0.1, 0.15) is 16.3 Å². The maximum absolute atomic E-state index is 12.1. The van der Waals surface area contributed by atoms with Gasteiger partial charge in [0.2, 0.25) is 5.95 Å². The molecule has 0 unspecified atom stereocenters. The first-order valence-corrected chi connectivity index (χ1v) is 6.27. The second-order valence-corrected chi connectivity index (χ2v) is 4.50. The van der Waals surface area contributed by atoms with Gasteiger partial charge in [0.25, 0.3) is 5.91 Å². The molecule has 2 N–H and O–H groups in total. The number of hydrogen-bond donors (Lipinski definition) is 2. The minimum Gasteiger partial charge on any atom is -0.300 e. The monoisotopic (exact) mass is 283 g/mol. The van der Waals surface area contributed by atoms with Crippen molar-refractivity contribution in [3.05, 3.63) is 42.2 Å². The van der Waals surface area contributed by atoms with Crippen molar-refractivity contribution in [2.45, 2.75) is 6.92 Å². The van der Waals surface area contributed by atoms with Gasteiger partial charge < -0.3 is 4.57 Å². The molecule has 3 heterocycles. The first-order chi connectivity index (χ1) is 10.1. The molecule has 21 heavy (non-hydrogen) atoms. The number of anilines is 1. The standard InChI is InChI=1S/C13H13N7O/c1-8-18-19-13(20(8)2)17-12(21)11-4-3-9(5-14-11)10-6-15-16-7-10/h3-7H,1-2H3,(H,15,16)(H,17,19,21). The average molecular weight is 283 g/mol. The molecular formula is C13H13N7O. The second-order valence-electron chi connectivity index (χ2n) is 4.50. The zero-order valence-corrected chi connectivity index (χ0v) is 11.5. The lowest BCUT2D eigenvalue weighted by atomic mass is 10.1. The van der Waals surface area contributed by atoms with Crippen molar-refractivity contribution in [1.29, 1.82) is 0 Å². The molecule has 3 aromatic heterocycles. The molecule has 0 bridgehead atoms. The third-order valence-corrected chi connectivity index (χ3v) is 3.15. The molecule has 0 atom stereocenters. The van der Waals surface area contributed by atoms with Gasteiger partial charge in [-0.05, 0) is 13.0 Å². The highest BCUT2D eigenvalue weighted by molar-refractivity contribution is 6.02. The summed E-state index contributed by atoms with van der Waals surface area (Å²) in [5.41, 5.74) is 2.11. The van der Waals surface area contributed by atoms with Crippen LogP contribution in [0.5, 0.6) is 0 Å². The molecule has 0 saturated carbocycles. The predicted octanol–water partition coefficient (Wildman–Crippen LogP) is 1.16. The lowest BCUT2D eigenvalue weighted by Gasteiger charge is -2.04. The number of aromatic amines is 1. The zero-order valence-electron chi connectivity index (χ0n) is 11.5. The van der Waals surface area contributed by atoms with Gasteiger partial charge in [-0.1, -0.05) is 6.07 Å². The Balaban J connectivity index is 1.78. The van der Waals surface area contributed by atoms with Gasteiger partial charge in [-0.3, -0.25) is 20.2 Å². The van der Waals surface area contributed by atoms with E-state index in [1.807, 2.05) is 6.07 Å². The smallest absolute Gasteiger partial charge is 0.276 e. The van der Waals surface area contributed by atoms with Crippen LogP contribution in [0, 0.1) is 6.92 Å². The Kier molecular flexibility index (Phi) is 3.19. The SMILES string of the molecule is Cc1nnc(NC(=O)c2ccc(-c3cn[nH]c3)cn2)n1C. The van der Waals surface area contributed by atoms with Crippen LogP contribution in [0.4, 0.5) is 5.95 Å². The van der Waals surface area contributed by atoms with E-state index in [1.54, 1.807) is 43.2 Å². The van der Waals surface area contributed by atoms with E-state index < -0.39 is 0 Å². The van der Waals surface area contributed by atoms with Crippen molar-refractivity contribution in [3.63, 3.8) is 0 Å². The summed E-state index contributed by atoms with van der Waals surface area (Å²) in [6.07, 6.45) is 5.08. The summed E-state index contributed by atoms with van der Waals surface area (Å²) < 4.78 is 1.69. The Labute approximate surface area is 120 Å². The zero-order chi connectivity index (χ0) is 14.8. The third-order valence-electron chi connectivity index (χ3n) is 3.15. The molecule has 8 nitrogen and oxygen atoms in total. The second kappa shape index (κ2) is 5.16. The van der Waals surface area contributed by atoms with Crippen LogP contribution in [-0.2, 0) is 7.05 Å². The van der Waals surface area contributed by atoms with Gasteiger partial charge in [-0.15, -0.1) is 10.2 Å². The molecule has 1 amide bonds. The van der Waals surface area contributed by atoms with Crippen molar-refractivity contribution >= 4 is 11.9 Å². The molecule has 0 spiro atoms. The van der Waals surface area contributed by atoms with Crippen LogP contribution in [0.15, 0.2) is 30.7 Å². The fourth-order valence-electron chi connectivity index (χ4n) is 1.79. The minimum atomic E-state index is -0.329. The molecule has 0 aliphatic carbocycles. The Morgan fingerprint density at radius 1 is 1.24 bits per heavy atom. The van der Waals surface area contributed by atoms with Gasteiger partial charge >= 0.3 is 0 Å². The summed E-state index contributed by atoms with van der Waals surface area (Å²) in [4.78, 5) is 16.3. The highest BCUT2D eigenvalue weighted by Gasteiger charge is 2.12. The molecule has 0 fully saturated rings. The molecule has 0 radical (unpaired) electrons. The van der Waals surface area contributed by atoms with E-state index in [0.717, 1.165) is 11.1 Å². The van der Waals surface area contributed by atoms with Gasteiger partial charge in [-0.25, -0.2) is 0 Å². The van der Waals surface area contributed by atoms with E-state index in [1.165, 1.54) is 0 Å². The number of rotatable bonds is 3. The number of pyridine rings is 1. The first-order valence-electron chi connectivity index (χ1n) is 6.27. The predicted molar refractivity (Wildman–Crippen MR) is 75.5 cm³/mol. The lowest BCUT2D eigenvalue weighted by Crippen LogP contribution is -2.16. The summed E-state index contributed by atoms with van der Waals surface area (Å²) in [7, 11) is 1.78. The Hall–Kier alpha value is -3.03. The van der Waals surface area contributed by atoms with Gasteiger partial charge in [-0.2, -0.15) is 5.10 Å².